The van der Waals surface area contributed by atoms with Gasteiger partial charge in [-0.1, -0.05) is 0 Å². The summed E-state index contributed by atoms with van der Waals surface area (Å²) in [5, 5.41) is 0. The van der Waals surface area contributed by atoms with E-state index in [0.29, 0.717) is 20.9 Å². The van der Waals surface area contributed by atoms with Gasteiger partial charge in [-0.05, 0) is 0 Å². The van der Waals surface area contributed by atoms with Gasteiger partial charge in [0.2, 0.25) is 0 Å². The van der Waals surface area contributed by atoms with E-state index >= 15 is 0 Å². The second-order valence-corrected chi connectivity index (χ2v) is 5.75. The molecule has 0 aromatic heterocycles. The molecule has 0 aromatic rings. The van der Waals surface area contributed by atoms with Gasteiger partial charge in [-0.3, -0.25) is 0 Å². The monoisotopic (exact) mass is 230 g/mol. The Hall–Kier alpha value is 0.790. The predicted octanol–water partition coefficient (Wildman–Crippen LogP) is 2.59. The molecular formula is C7H16Te+. The van der Waals surface area contributed by atoms with Crippen LogP contribution < -0.4 is 0 Å². The van der Waals surface area contributed by atoms with Gasteiger partial charge >= 0.3 is 63.0 Å². The molecule has 1 radical (unpaired) electrons. The Kier molecular flexibility index (Phi) is 6.50. The van der Waals surface area contributed by atoms with Crippen molar-refractivity contribution in [3.8, 4) is 0 Å². The second-order valence-electron chi connectivity index (χ2n) is 2.47. The first kappa shape index (κ1) is 8.79. The number of rotatable bonds is 4. The van der Waals surface area contributed by atoms with Crippen LogP contribution in [0.3, 0.4) is 0 Å². The van der Waals surface area contributed by atoms with Crippen LogP contribution in [0.15, 0.2) is 0 Å². The van der Waals surface area contributed by atoms with Crippen LogP contribution >= 0.6 is 0 Å². The van der Waals surface area contributed by atoms with E-state index in [4.69, 9.17) is 0 Å². The van der Waals surface area contributed by atoms with Crippen molar-refractivity contribution in [1.82, 2.24) is 0 Å². The first-order valence-electron chi connectivity index (χ1n) is 3.35. The molecule has 0 N–H and O–H groups in total. The summed E-state index contributed by atoms with van der Waals surface area (Å²) in [5.74, 6) is 0.962. The molecule has 0 rings (SSSR count). The van der Waals surface area contributed by atoms with Gasteiger partial charge in [-0.25, -0.2) is 0 Å². The van der Waals surface area contributed by atoms with Crippen LogP contribution in [-0.4, -0.2) is 20.9 Å². The van der Waals surface area contributed by atoms with Crippen molar-refractivity contribution < 1.29 is 0 Å². The van der Waals surface area contributed by atoms with E-state index < -0.39 is 0 Å². The summed E-state index contributed by atoms with van der Waals surface area (Å²) in [5.41, 5.74) is 0. The maximum absolute atomic E-state index is 2.32. The Balaban J connectivity index is 2.72. The molecule has 0 nitrogen and oxygen atoms in total. The molecule has 0 spiro atoms. The molecule has 0 bridgehead atoms. The number of hydrogen-bond donors (Lipinski definition) is 0. The molecule has 0 aliphatic carbocycles. The van der Waals surface area contributed by atoms with Crippen molar-refractivity contribution >= 4 is 20.9 Å². The third-order valence-electron chi connectivity index (χ3n) is 0.800. The molecular weight excluding hydrogens is 212 g/mol. The van der Waals surface area contributed by atoms with Gasteiger partial charge in [0, 0.05) is 0 Å². The summed E-state index contributed by atoms with van der Waals surface area (Å²) < 4.78 is 3.09. The van der Waals surface area contributed by atoms with Gasteiger partial charge in [0.05, 0.1) is 0 Å². The van der Waals surface area contributed by atoms with Gasteiger partial charge in [0.15, 0.2) is 0 Å². The average Bonchev–Trinajstić information content (AvgIpc) is 1.66. The minimum atomic E-state index is 0.432. The Labute approximate surface area is 63.1 Å². The van der Waals surface area contributed by atoms with Crippen molar-refractivity contribution in [3.05, 3.63) is 0 Å². The van der Waals surface area contributed by atoms with E-state index in [1.165, 1.54) is 6.42 Å². The molecule has 0 atom stereocenters. The summed E-state index contributed by atoms with van der Waals surface area (Å²) in [7, 11) is 0. The van der Waals surface area contributed by atoms with Crippen LogP contribution in [0, 0.1) is 5.92 Å². The van der Waals surface area contributed by atoms with Crippen LogP contribution in [0.25, 0.3) is 0 Å². The molecule has 1 heteroatoms. The Morgan fingerprint density at radius 1 is 1.38 bits per heavy atom. The van der Waals surface area contributed by atoms with Crippen molar-refractivity contribution in [1.29, 1.82) is 0 Å². The Bertz CT molecular complexity index is 41.7. The third kappa shape index (κ3) is 6.79. The molecule has 0 aliphatic rings. The first-order chi connectivity index (χ1) is 3.77. The summed E-state index contributed by atoms with van der Waals surface area (Å²) in [6.07, 6.45) is 1.41. The summed E-state index contributed by atoms with van der Waals surface area (Å²) >= 11 is 0.432. The molecule has 0 amide bonds. The van der Waals surface area contributed by atoms with Crippen molar-refractivity contribution in [2.75, 3.05) is 0 Å². The van der Waals surface area contributed by atoms with E-state index in [2.05, 4.69) is 20.8 Å². The van der Waals surface area contributed by atoms with Gasteiger partial charge in [0.1, 0.15) is 0 Å². The van der Waals surface area contributed by atoms with E-state index in [-0.39, 0.29) is 0 Å². The Morgan fingerprint density at radius 3 is 2.38 bits per heavy atom. The minimum absolute atomic E-state index is 0.432. The molecule has 0 saturated carbocycles. The van der Waals surface area contributed by atoms with Crippen LogP contribution in [0.2, 0.25) is 8.94 Å². The summed E-state index contributed by atoms with van der Waals surface area (Å²) in [4.78, 5) is 0. The zero-order valence-electron chi connectivity index (χ0n) is 6.11. The molecule has 8 heavy (non-hydrogen) atoms. The van der Waals surface area contributed by atoms with Gasteiger partial charge in [0.25, 0.3) is 0 Å². The van der Waals surface area contributed by atoms with Crippen molar-refractivity contribution in [2.45, 2.75) is 36.1 Å². The first-order valence-corrected chi connectivity index (χ1v) is 6.64. The SMILES string of the molecule is CCC[Te+]CC(C)C. The molecule has 0 heterocycles. The maximum atomic E-state index is 2.32. The average molecular weight is 228 g/mol. The van der Waals surface area contributed by atoms with E-state index in [0.717, 1.165) is 5.92 Å². The number of hydrogen-bond acceptors (Lipinski definition) is 0. The van der Waals surface area contributed by atoms with E-state index in [1.807, 2.05) is 0 Å². The van der Waals surface area contributed by atoms with Crippen LogP contribution in [0.4, 0.5) is 0 Å². The fourth-order valence-corrected chi connectivity index (χ4v) is 3.11. The molecule has 0 unspecified atom stereocenters. The predicted molar refractivity (Wildman–Crippen MR) is 40.5 cm³/mol. The molecule has 0 aliphatic heterocycles. The fourth-order valence-electron chi connectivity index (χ4n) is 0.463. The standard InChI is InChI=1S/C7H16Te/c1-4-5-8-6-7(2)3/h7H,4-6H2,1-3H3/q+1. The molecule has 49 valence electrons. The molecule has 0 saturated heterocycles. The topological polar surface area (TPSA) is 0 Å². The zero-order chi connectivity index (χ0) is 6.41. The van der Waals surface area contributed by atoms with Gasteiger partial charge < -0.3 is 0 Å². The fraction of sp³-hybridized carbons (Fsp3) is 1.00. The van der Waals surface area contributed by atoms with Crippen molar-refractivity contribution in [3.63, 3.8) is 0 Å². The molecule has 0 aromatic carbocycles. The quantitative estimate of drug-likeness (QED) is 0.512. The Morgan fingerprint density at radius 2 is 2.00 bits per heavy atom. The van der Waals surface area contributed by atoms with Gasteiger partial charge in [-0.15, -0.1) is 0 Å². The second kappa shape index (κ2) is 5.92. The van der Waals surface area contributed by atoms with E-state index in [1.54, 1.807) is 8.94 Å². The summed E-state index contributed by atoms with van der Waals surface area (Å²) in [6, 6.07) is 0. The van der Waals surface area contributed by atoms with Crippen LogP contribution in [0.1, 0.15) is 27.2 Å². The van der Waals surface area contributed by atoms with Crippen molar-refractivity contribution in [2.24, 2.45) is 5.92 Å². The van der Waals surface area contributed by atoms with Crippen LogP contribution in [-0.2, 0) is 0 Å². The van der Waals surface area contributed by atoms with Crippen LogP contribution in [0.5, 0.6) is 0 Å². The zero-order valence-corrected chi connectivity index (χ0v) is 8.44. The summed E-state index contributed by atoms with van der Waals surface area (Å²) in [6.45, 7) is 6.92. The normalized spacial score (nSPS) is 10.5. The molecule has 0 fully saturated rings. The van der Waals surface area contributed by atoms with E-state index in [9.17, 15) is 0 Å². The third-order valence-corrected chi connectivity index (χ3v) is 5.36. The van der Waals surface area contributed by atoms with Gasteiger partial charge in [-0.2, -0.15) is 0 Å².